The molecule has 0 saturated heterocycles. The standard InChI is InChI=1S/C24H22F2NO2.ClH/c1-28-22-13-16-11-12-27(15-17-7-3-5-9-20(17)25)24(19(16)14-23(22)29-2)18-8-4-6-10-21(18)26;/h3-10,13-14H,11-12,15H2,1-2H3;1H/q+1;/p-1. The Morgan fingerprint density at radius 1 is 0.833 bits per heavy atom. The highest BCUT2D eigenvalue weighted by atomic mass is 35.5. The maximum Gasteiger partial charge on any atom is 0.218 e. The number of ether oxygens (including phenoxy) is 2. The van der Waals surface area contributed by atoms with Gasteiger partial charge in [0.2, 0.25) is 5.71 Å². The number of hydrogen-bond acceptors (Lipinski definition) is 2. The number of fused-ring (bicyclic) bond motifs is 1. The van der Waals surface area contributed by atoms with Gasteiger partial charge in [-0.15, -0.1) is 0 Å². The van der Waals surface area contributed by atoms with Crippen molar-refractivity contribution in [2.75, 3.05) is 20.8 Å². The fourth-order valence-electron chi connectivity index (χ4n) is 3.84. The molecule has 0 fully saturated rings. The van der Waals surface area contributed by atoms with Crippen LogP contribution >= 0.6 is 0 Å². The van der Waals surface area contributed by atoms with Crippen molar-refractivity contribution >= 4 is 5.71 Å². The second kappa shape index (κ2) is 9.26. The van der Waals surface area contributed by atoms with Crippen molar-refractivity contribution in [1.82, 2.24) is 0 Å². The van der Waals surface area contributed by atoms with E-state index in [0.717, 1.165) is 23.3 Å². The summed E-state index contributed by atoms with van der Waals surface area (Å²) in [7, 11) is 3.17. The summed E-state index contributed by atoms with van der Waals surface area (Å²) in [5, 5.41) is 0. The van der Waals surface area contributed by atoms with Gasteiger partial charge in [0.1, 0.15) is 18.2 Å². The molecule has 156 valence electrons. The fourth-order valence-corrected chi connectivity index (χ4v) is 3.84. The van der Waals surface area contributed by atoms with E-state index in [1.165, 1.54) is 12.1 Å². The van der Waals surface area contributed by atoms with Crippen LogP contribution in [-0.2, 0) is 13.0 Å². The van der Waals surface area contributed by atoms with Gasteiger partial charge >= 0.3 is 0 Å². The van der Waals surface area contributed by atoms with Crippen molar-refractivity contribution in [1.29, 1.82) is 0 Å². The van der Waals surface area contributed by atoms with Crippen molar-refractivity contribution < 1.29 is 35.2 Å². The van der Waals surface area contributed by atoms with Gasteiger partial charge in [-0.3, -0.25) is 0 Å². The molecule has 0 bridgehead atoms. The van der Waals surface area contributed by atoms with Crippen molar-refractivity contribution in [3.8, 4) is 11.5 Å². The maximum atomic E-state index is 14.8. The quantitative estimate of drug-likeness (QED) is 0.574. The third kappa shape index (κ3) is 4.03. The Bertz CT molecular complexity index is 1100. The van der Waals surface area contributed by atoms with E-state index in [-0.39, 0.29) is 24.0 Å². The molecule has 3 aromatic carbocycles. The van der Waals surface area contributed by atoms with Gasteiger partial charge in [-0.25, -0.2) is 13.4 Å². The molecule has 4 rings (SSSR count). The zero-order chi connectivity index (χ0) is 20.4. The van der Waals surface area contributed by atoms with Gasteiger partial charge < -0.3 is 21.9 Å². The van der Waals surface area contributed by atoms with Gasteiger partial charge in [-0.1, -0.05) is 24.3 Å². The van der Waals surface area contributed by atoms with Gasteiger partial charge in [0.15, 0.2) is 18.0 Å². The Labute approximate surface area is 181 Å². The predicted octanol–water partition coefficient (Wildman–Crippen LogP) is 1.59. The van der Waals surface area contributed by atoms with Crippen LogP contribution in [0.25, 0.3) is 0 Å². The molecule has 0 amide bonds. The minimum Gasteiger partial charge on any atom is -1.00 e. The lowest BCUT2D eigenvalue weighted by molar-refractivity contribution is -0.544. The maximum absolute atomic E-state index is 14.8. The van der Waals surface area contributed by atoms with E-state index >= 15 is 0 Å². The summed E-state index contributed by atoms with van der Waals surface area (Å²) >= 11 is 0. The van der Waals surface area contributed by atoms with Crippen LogP contribution in [-0.4, -0.2) is 31.1 Å². The van der Waals surface area contributed by atoms with Crippen LogP contribution in [0.15, 0.2) is 60.7 Å². The zero-order valence-electron chi connectivity index (χ0n) is 16.8. The van der Waals surface area contributed by atoms with Gasteiger partial charge in [0.25, 0.3) is 0 Å². The van der Waals surface area contributed by atoms with Crippen LogP contribution in [0.1, 0.15) is 22.3 Å². The summed E-state index contributed by atoms with van der Waals surface area (Å²) in [4.78, 5) is 0. The molecule has 0 radical (unpaired) electrons. The van der Waals surface area contributed by atoms with Crippen LogP contribution in [0.5, 0.6) is 11.5 Å². The first-order valence-electron chi connectivity index (χ1n) is 9.48. The molecular formula is C24H22ClF2NO2. The number of methoxy groups -OCH3 is 2. The lowest BCUT2D eigenvalue weighted by atomic mass is 9.91. The fraction of sp³-hybridized carbons (Fsp3) is 0.208. The zero-order valence-corrected chi connectivity index (χ0v) is 17.5. The Balaban J connectivity index is 0.00000256. The minimum absolute atomic E-state index is 0. The normalized spacial score (nSPS) is 12.8. The highest BCUT2D eigenvalue weighted by molar-refractivity contribution is 6.11. The number of nitrogens with zero attached hydrogens (tertiary/aromatic N) is 1. The molecule has 30 heavy (non-hydrogen) atoms. The molecule has 1 aliphatic rings. The van der Waals surface area contributed by atoms with E-state index in [1.807, 2.05) is 28.8 Å². The largest absolute Gasteiger partial charge is 1.00 e. The molecule has 0 atom stereocenters. The first kappa shape index (κ1) is 21.8. The van der Waals surface area contributed by atoms with E-state index in [2.05, 4.69) is 0 Å². The minimum atomic E-state index is -0.316. The van der Waals surface area contributed by atoms with Crippen LogP contribution in [0.2, 0.25) is 0 Å². The molecule has 0 aliphatic carbocycles. The summed E-state index contributed by atoms with van der Waals surface area (Å²) in [6.45, 7) is 0.991. The molecule has 3 nitrogen and oxygen atoms in total. The molecule has 1 heterocycles. The van der Waals surface area contributed by atoms with Gasteiger partial charge in [-0.2, -0.15) is 0 Å². The number of rotatable bonds is 5. The van der Waals surface area contributed by atoms with E-state index in [0.29, 0.717) is 35.7 Å². The average Bonchev–Trinajstić information content (AvgIpc) is 2.75. The van der Waals surface area contributed by atoms with E-state index in [1.54, 1.807) is 38.5 Å². The molecule has 3 aromatic rings. The first-order valence-corrected chi connectivity index (χ1v) is 9.48. The molecule has 0 unspecified atom stereocenters. The van der Waals surface area contributed by atoms with E-state index < -0.39 is 0 Å². The predicted molar refractivity (Wildman–Crippen MR) is 108 cm³/mol. The van der Waals surface area contributed by atoms with Crippen molar-refractivity contribution in [3.05, 3.63) is 94.6 Å². The lowest BCUT2D eigenvalue weighted by Gasteiger charge is -2.21. The van der Waals surface area contributed by atoms with Crippen LogP contribution < -0.4 is 21.9 Å². The van der Waals surface area contributed by atoms with Crippen molar-refractivity contribution in [2.45, 2.75) is 13.0 Å². The lowest BCUT2D eigenvalue weighted by Crippen LogP contribution is -3.00. The van der Waals surface area contributed by atoms with Crippen molar-refractivity contribution in [2.24, 2.45) is 0 Å². The van der Waals surface area contributed by atoms with Crippen LogP contribution in [0.4, 0.5) is 8.78 Å². The van der Waals surface area contributed by atoms with E-state index in [4.69, 9.17) is 9.47 Å². The van der Waals surface area contributed by atoms with Gasteiger partial charge in [0.05, 0.1) is 30.9 Å². The third-order valence-corrected chi connectivity index (χ3v) is 5.28. The molecule has 0 aromatic heterocycles. The van der Waals surface area contributed by atoms with E-state index in [9.17, 15) is 8.78 Å². The van der Waals surface area contributed by atoms with Gasteiger partial charge in [0, 0.05) is 6.42 Å². The molecular weight excluding hydrogens is 408 g/mol. The Morgan fingerprint density at radius 3 is 2.13 bits per heavy atom. The average molecular weight is 430 g/mol. The topological polar surface area (TPSA) is 21.5 Å². The second-order valence-electron chi connectivity index (χ2n) is 6.96. The smallest absolute Gasteiger partial charge is 0.218 e. The molecule has 0 saturated carbocycles. The Morgan fingerprint density at radius 2 is 1.47 bits per heavy atom. The summed E-state index contributed by atoms with van der Waals surface area (Å²) in [5.41, 5.74) is 3.71. The highest BCUT2D eigenvalue weighted by Gasteiger charge is 2.31. The number of halogens is 3. The number of hydrogen-bond donors (Lipinski definition) is 0. The summed E-state index contributed by atoms with van der Waals surface area (Å²) in [5.74, 6) is 0.636. The molecule has 0 N–H and O–H groups in total. The summed E-state index contributed by atoms with van der Waals surface area (Å²) in [6.07, 6.45) is 0.738. The van der Waals surface area contributed by atoms with Crippen molar-refractivity contribution in [3.63, 3.8) is 0 Å². The first-order chi connectivity index (χ1) is 14.1. The van der Waals surface area contributed by atoms with Crippen LogP contribution in [0.3, 0.4) is 0 Å². The Kier molecular flexibility index (Phi) is 6.73. The van der Waals surface area contributed by atoms with Crippen LogP contribution in [0, 0.1) is 11.6 Å². The summed E-state index contributed by atoms with van der Waals surface area (Å²) < 4.78 is 42.1. The highest BCUT2D eigenvalue weighted by Crippen LogP contribution is 2.34. The molecule has 6 heteroatoms. The second-order valence-corrected chi connectivity index (χ2v) is 6.96. The molecule has 1 aliphatic heterocycles. The monoisotopic (exact) mass is 429 g/mol. The third-order valence-electron chi connectivity index (χ3n) is 5.28. The number of benzene rings is 3. The molecule has 0 spiro atoms. The summed E-state index contributed by atoms with van der Waals surface area (Å²) in [6, 6.07) is 17.2. The SMILES string of the molecule is COc1cc2c(cc1OC)C(c1ccccc1F)=[N+](Cc1ccccc1F)CC2.[Cl-]. The Hall–Kier alpha value is -2.92. The van der Waals surface area contributed by atoms with Gasteiger partial charge in [-0.05, 0) is 42.0 Å².